The minimum Gasteiger partial charge on any atom is -0.368 e. The monoisotopic (exact) mass is 238 g/mol. The number of benzene rings is 1. The van der Waals surface area contributed by atoms with Gasteiger partial charge in [-0.25, -0.2) is 4.39 Å². The second-order valence-corrected chi connectivity index (χ2v) is 4.65. The van der Waals surface area contributed by atoms with E-state index in [1.54, 1.807) is 19.9 Å². The maximum atomic E-state index is 13.1. The summed E-state index contributed by atoms with van der Waals surface area (Å²) >= 11 is 0. The fourth-order valence-electron chi connectivity index (χ4n) is 1.65. The van der Waals surface area contributed by atoms with Crippen molar-refractivity contribution in [3.05, 3.63) is 35.6 Å². The molecule has 3 N–H and O–H groups in total. The van der Waals surface area contributed by atoms with Crippen molar-refractivity contribution in [1.82, 2.24) is 5.32 Å². The van der Waals surface area contributed by atoms with E-state index in [1.807, 2.05) is 13.0 Å². The molecular formula is C13H19FN2O. The number of amides is 1. The predicted molar refractivity (Wildman–Crippen MR) is 65.8 cm³/mol. The Labute approximate surface area is 101 Å². The first-order valence-electron chi connectivity index (χ1n) is 5.70. The third-order valence-corrected chi connectivity index (χ3v) is 2.81. The molecule has 0 aromatic heterocycles. The first-order chi connectivity index (χ1) is 7.86. The van der Waals surface area contributed by atoms with Crippen LogP contribution in [0, 0.1) is 5.82 Å². The Hall–Kier alpha value is -1.42. The molecule has 1 rings (SSSR count). The number of nitrogens with two attached hydrogens (primary N) is 1. The highest BCUT2D eigenvalue weighted by molar-refractivity contribution is 5.83. The van der Waals surface area contributed by atoms with Crippen LogP contribution in [0.4, 0.5) is 4.39 Å². The maximum Gasteiger partial charge on any atom is 0.237 e. The Morgan fingerprint density at radius 2 is 2.18 bits per heavy atom. The number of halogens is 1. The van der Waals surface area contributed by atoms with Gasteiger partial charge in [0.15, 0.2) is 0 Å². The Morgan fingerprint density at radius 3 is 2.65 bits per heavy atom. The van der Waals surface area contributed by atoms with Crippen LogP contribution in [0.1, 0.15) is 38.8 Å². The molecule has 0 spiro atoms. The summed E-state index contributed by atoms with van der Waals surface area (Å²) in [6, 6.07) is 6.27. The van der Waals surface area contributed by atoms with E-state index in [0.29, 0.717) is 0 Å². The molecule has 3 nitrogen and oxygen atoms in total. The quantitative estimate of drug-likeness (QED) is 0.825. The molecule has 0 fully saturated rings. The topological polar surface area (TPSA) is 55.1 Å². The molecule has 1 aromatic carbocycles. The first-order valence-corrected chi connectivity index (χ1v) is 5.70. The highest BCUT2D eigenvalue weighted by atomic mass is 19.1. The van der Waals surface area contributed by atoms with Crippen LogP contribution in [0.25, 0.3) is 0 Å². The molecule has 1 unspecified atom stereocenters. The molecule has 1 atom stereocenters. The lowest BCUT2D eigenvalue weighted by Gasteiger charge is -2.29. The molecule has 1 aromatic rings. The first kappa shape index (κ1) is 13.6. The van der Waals surface area contributed by atoms with E-state index in [-0.39, 0.29) is 11.9 Å². The van der Waals surface area contributed by atoms with Crippen LogP contribution in [0.3, 0.4) is 0 Å². The largest absolute Gasteiger partial charge is 0.368 e. The second kappa shape index (κ2) is 5.27. The molecule has 94 valence electrons. The zero-order chi connectivity index (χ0) is 13.1. The molecule has 0 saturated carbocycles. The van der Waals surface area contributed by atoms with E-state index in [1.165, 1.54) is 12.1 Å². The van der Waals surface area contributed by atoms with Crippen molar-refractivity contribution < 1.29 is 9.18 Å². The summed E-state index contributed by atoms with van der Waals surface area (Å²) in [7, 11) is 0. The highest BCUT2D eigenvalue weighted by Crippen LogP contribution is 2.20. The lowest BCUT2D eigenvalue weighted by Crippen LogP contribution is -2.51. The molecule has 1 amide bonds. The van der Waals surface area contributed by atoms with E-state index in [2.05, 4.69) is 5.32 Å². The number of nitrogens with one attached hydrogen (secondary N) is 1. The Bertz CT molecular complexity index is 404. The summed E-state index contributed by atoms with van der Waals surface area (Å²) < 4.78 is 13.1. The smallest absolute Gasteiger partial charge is 0.237 e. The SMILES string of the molecule is CCC(NC(C)(C)C(N)=O)c1cccc(F)c1. The van der Waals surface area contributed by atoms with Gasteiger partial charge in [0.2, 0.25) is 5.91 Å². The standard InChI is InChI=1S/C13H19FN2O/c1-4-11(16-13(2,3)12(15)17)9-6-5-7-10(14)8-9/h5-8,11,16H,4H2,1-3H3,(H2,15,17). The van der Waals surface area contributed by atoms with E-state index in [0.717, 1.165) is 12.0 Å². The van der Waals surface area contributed by atoms with Crippen molar-refractivity contribution in [2.45, 2.75) is 38.8 Å². The highest BCUT2D eigenvalue weighted by Gasteiger charge is 2.27. The van der Waals surface area contributed by atoms with Crippen LogP contribution in [-0.4, -0.2) is 11.4 Å². The molecule has 0 radical (unpaired) electrons. The van der Waals surface area contributed by atoms with E-state index >= 15 is 0 Å². The summed E-state index contributed by atoms with van der Waals surface area (Å²) in [5, 5.41) is 3.14. The fourth-order valence-corrected chi connectivity index (χ4v) is 1.65. The second-order valence-electron chi connectivity index (χ2n) is 4.65. The Balaban J connectivity index is 2.90. The van der Waals surface area contributed by atoms with Gasteiger partial charge in [-0.2, -0.15) is 0 Å². The Kier molecular flexibility index (Phi) is 4.23. The van der Waals surface area contributed by atoms with Crippen molar-refractivity contribution in [3.8, 4) is 0 Å². The van der Waals surface area contributed by atoms with Crippen molar-refractivity contribution >= 4 is 5.91 Å². The van der Waals surface area contributed by atoms with Gasteiger partial charge in [0.1, 0.15) is 5.82 Å². The number of hydrogen-bond acceptors (Lipinski definition) is 2. The van der Waals surface area contributed by atoms with Crippen LogP contribution in [0.5, 0.6) is 0 Å². The number of hydrogen-bond donors (Lipinski definition) is 2. The van der Waals surface area contributed by atoms with Crippen molar-refractivity contribution in [3.63, 3.8) is 0 Å². The maximum absolute atomic E-state index is 13.1. The Morgan fingerprint density at radius 1 is 1.53 bits per heavy atom. The molecule has 17 heavy (non-hydrogen) atoms. The number of carbonyl (C=O) groups is 1. The zero-order valence-corrected chi connectivity index (χ0v) is 10.5. The average molecular weight is 238 g/mol. The van der Waals surface area contributed by atoms with Crippen molar-refractivity contribution in [2.24, 2.45) is 5.73 Å². The summed E-state index contributed by atoms with van der Waals surface area (Å²) in [6.07, 6.45) is 0.750. The molecule has 0 aliphatic rings. The van der Waals surface area contributed by atoms with Gasteiger partial charge in [-0.1, -0.05) is 19.1 Å². The predicted octanol–water partition coefficient (Wildman–Crippen LogP) is 2.13. The number of rotatable bonds is 5. The van der Waals surface area contributed by atoms with Gasteiger partial charge in [-0.3, -0.25) is 10.1 Å². The number of carbonyl (C=O) groups excluding carboxylic acids is 1. The fraction of sp³-hybridized carbons (Fsp3) is 0.462. The van der Waals surface area contributed by atoms with E-state index in [4.69, 9.17) is 5.73 Å². The number of primary amides is 1. The average Bonchev–Trinajstić information content (AvgIpc) is 2.25. The minimum atomic E-state index is -0.813. The summed E-state index contributed by atoms with van der Waals surface area (Å²) in [6.45, 7) is 5.41. The summed E-state index contributed by atoms with van der Waals surface area (Å²) in [5.41, 5.74) is 5.31. The van der Waals surface area contributed by atoms with Gasteiger partial charge in [0.05, 0.1) is 5.54 Å². The van der Waals surface area contributed by atoms with Crippen molar-refractivity contribution in [2.75, 3.05) is 0 Å². The summed E-state index contributed by atoms with van der Waals surface area (Å²) in [5.74, 6) is -0.702. The van der Waals surface area contributed by atoms with E-state index < -0.39 is 11.4 Å². The molecule has 0 aliphatic heterocycles. The summed E-state index contributed by atoms with van der Waals surface area (Å²) in [4.78, 5) is 11.3. The van der Waals surface area contributed by atoms with Gasteiger partial charge in [0.25, 0.3) is 0 Å². The van der Waals surface area contributed by atoms with Gasteiger partial charge in [-0.05, 0) is 38.0 Å². The molecule has 0 saturated heterocycles. The molecule has 4 heteroatoms. The van der Waals surface area contributed by atoms with Gasteiger partial charge in [-0.15, -0.1) is 0 Å². The molecule has 0 aliphatic carbocycles. The van der Waals surface area contributed by atoms with Crippen LogP contribution >= 0.6 is 0 Å². The molecular weight excluding hydrogens is 219 g/mol. The third-order valence-electron chi connectivity index (χ3n) is 2.81. The lowest BCUT2D eigenvalue weighted by molar-refractivity contribution is -0.123. The van der Waals surface area contributed by atoms with Crippen LogP contribution < -0.4 is 11.1 Å². The lowest BCUT2D eigenvalue weighted by atomic mass is 9.98. The minimum absolute atomic E-state index is 0.0896. The van der Waals surface area contributed by atoms with Crippen LogP contribution in [0.15, 0.2) is 24.3 Å². The third kappa shape index (κ3) is 3.53. The van der Waals surface area contributed by atoms with Gasteiger partial charge >= 0.3 is 0 Å². The van der Waals surface area contributed by atoms with Crippen LogP contribution in [0.2, 0.25) is 0 Å². The zero-order valence-electron chi connectivity index (χ0n) is 10.5. The molecule has 0 bridgehead atoms. The van der Waals surface area contributed by atoms with Crippen LogP contribution in [-0.2, 0) is 4.79 Å². The normalized spacial score (nSPS) is 13.4. The molecule has 0 heterocycles. The van der Waals surface area contributed by atoms with E-state index in [9.17, 15) is 9.18 Å². The van der Waals surface area contributed by atoms with Gasteiger partial charge < -0.3 is 5.73 Å². The van der Waals surface area contributed by atoms with Crippen molar-refractivity contribution in [1.29, 1.82) is 0 Å². The van der Waals surface area contributed by atoms with Gasteiger partial charge in [0, 0.05) is 6.04 Å².